The molecule has 0 radical (unpaired) electrons. The van der Waals surface area contributed by atoms with Crippen LogP contribution in [-0.4, -0.2) is 6.04 Å². The molecular formula is C11H12BrClN2. The highest BCUT2D eigenvalue weighted by Gasteiger charge is 2.07. The van der Waals surface area contributed by atoms with E-state index in [-0.39, 0.29) is 6.04 Å². The van der Waals surface area contributed by atoms with Crippen molar-refractivity contribution in [2.75, 3.05) is 5.32 Å². The molecular weight excluding hydrogens is 275 g/mol. The quantitative estimate of drug-likeness (QED) is 0.907. The second-order valence-corrected chi connectivity index (χ2v) is 4.75. The van der Waals surface area contributed by atoms with Crippen LogP contribution in [0.25, 0.3) is 0 Å². The molecule has 0 saturated heterocycles. The van der Waals surface area contributed by atoms with Gasteiger partial charge in [-0.25, -0.2) is 0 Å². The molecule has 0 spiro atoms. The van der Waals surface area contributed by atoms with Gasteiger partial charge in [0.2, 0.25) is 0 Å². The van der Waals surface area contributed by atoms with E-state index in [4.69, 9.17) is 16.9 Å². The minimum atomic E-state index is 0.116. The molecule has 0 fully saturated rings. The lowest BCUT2D eigenvalue weighted by molar-refractivity contribution is 0.820. The van der Waals surface area contributed by atoms with Gasteiger partial charge in [0.05, 0.1) is 18.2 Å². The van der Waals surface area contributed by atoms with Crippen LogP contribution in [0, 0.1) is 18.3 Å². The highest BCUT2D eigenvalue weighted by molar-refractivity contribution is 9.10. The Labute approximate surface area is 103 Å². The summed E-state index contributed by atoms with van der Waals surface area (Å²) >= 11 is 9.48. The highest BCUT2D eigenvalue weighted by Crippen LogP contribution is 2.29. The zero-order valence-corrected chi connectivity index (χ0v) is 11.0. The molecule has 0 aliphatic heterocycles. The lowest BCUT2D eigenvalue weighted by atomic mass is 10.2. The lowest BCUT2D eigenvalue weighted by Crippen LogP contribution is -2.14. The van der Waals surface area contributed by atoms with Crippen molar-refractivity contribution in [3.8, 4) is 6.07 Å². The van der Waals surface area contributed by atoms with E-state index in [0.29, 0.717) is 6.42 Å². The Morgan fingerprint density at radius 1 is 1.60 bits per heavy atom. The maximum absolute atomic E-state index is 8.55. The monoisotopic (exact) mass is 286 g/mol. The zero-order valence-electron chi connectivity index (χ0n) is 8.64. The van der Waals surface area contributed by atoms with Gasteiger partial charge in [-0.15, -0.1) is 0 Å². The number of nitrogens with one attached hydrogen (secondary N) is 1. The largest absolute Gasteiger partial charge is 0.381 e. The van der Waals surface area contributed by atoms with Gasteiger partial charge in [0.15, 0.2) is 0 Å². The van der Waals surface area contributed by atoms with Gasteiger partial charge in [-0.05, 0) is 47.5 Å². The van der Waals surface area contributed by atoms with Crippen LogP contribution in [-0.2, 0) is 0 Å². The number of hydrogen-bond acceptors (Lipinski definition) is 2. The van der Waals surface area contributed by atoms with Gasteiger partial charge in [0.1, 0.15) is 0 Å². The van der Waals surface area contributed by atoms with E-state index in [1.165, 1.54) is 0 Å². The first kappa shape index (κ1) is 12.4. The molecule has 0 aliphatic rings. The molecule has 0 aliphatic carbocycles. The van der Waals surface area contributed by atoms with Gasteiger partial charge in [-0.3, -0.25) is 0 Å². The summed E-state index contributed by atoms with van der Waals surface area (Å²) in [6, 6.07) is 6.07. The van der Waals surface area contributed by atoms with Crippen LogP contribution < -0.4 is 5.32 Å². The topological polar surface area (TPSA) is 35.8 Å². The number of hydrogen-bond donors (Lipinski definition) is 1. The average molecular weight is 288 g/mol. The highest BCUT2D eigenvalue weighted by atomic mass is 79.9. The third kappa shape index (κ3) is 3.40. The Kier molecular flexibility index (Phi) is 4.44. The Morgan fingerprint density at radius 2 is 2.27 bits per heavy atom. The second kappa shape index (κ2) is 5.39. The van der Waals surface area contributed by atoms with Crippen molar-refractivity contribution in [3.05, 3.63) is 27.2 Å². The van der Waals surface area contributed by atoms with Crippen molar-refractivity contribution >= 4 is 33.2 Å². The smallest absolute Gasteiger partial charge is 0.0643 e. The van der Waals surface area contributed by atoms with Crippen molar-refractivity contribution < 1.29 is 0 Å². The van der Waals surface area contributed by atoms with Gasteiger partial charge < -0.3 is 5.32 Å². The first-order chi connectivity index (χ1) is 7.04. The van der Waals surface area contributed by atoms with E-state index >= 15 is 0 Å². The van der Waals surface area contributed by atoms with Crippen LogP contribution in [0.5, 0.6) is 0 Å². The molecule has 4 heteroatoms. The predicted octanol–water partition coefficient (Wildman–Crippen LogP) is 4.13. The van der Waals surface area contributed by atoms with Crippen molar-refractivity contribution in [2.45, 2.75) is 26.3 Å². The number of nitrogens with zero attached hydrogens (tertiary/aromatic N) is 1. The SMILES string of the molecule is Cc1cc(Br)c(NC(C)CC#N)cc1Cl. The van der Waals surface area contributed by atoms with Crippen LogP contribution in [0.15, 0.2) is 16.6 Å². The number of anilines is 1. The molecule has 0 bridgehead atoms. The molecule has 1 N–H and O–H groups in total. The maximum Gasteiger partial charge on any atom is 0.0643 e. The minimum absolute atomic E-state index is 0.116. The fourth-order valence-corrected chi connectivity index (χ4v) is 1.95. The van der Waals surface area contributed by atoms with Gasteiger partial charge in [-0.2, -0.15) is 5.26 Å². The van der Waals surface area contributed by atoms with Crippen molar-refractivity contribution in [2.24, 2.45) is 0 Å². The van der Waals surface area contributed by atoms with E-state index in [1.807, 2.05) is 26.0 Å². The molecule has 0 heterocycles. The summed E-state index contributed by atoms with van der Waals surface area (Å²) in [5.74, 6) is 0. The fourth-order valence-electron chi connectivity index (χ4n) is 1.21. The van der Waals surface area contributed by atoms with Gasteiger partial charge in [0.25, 0.3) is 0 Å². The molecule has 1 atom stereocenters. The molecule has 0 aromatic heterocycles. The Morgan fingerprint density at radius 3 is 2.87 bits per heavy atom. The predicted molar refractivity (Wildman–Crippen MR) is 67.2 cm³/mol. The zero-order chi connectivity index (χ0) is 11.4. The van der Waals surface area contributed by atoms with Crippen LogP contribution in [0.1, 0.15) is 18.9 Å². The van der Waals surface area contributed by atoms with Crippen molar-refractivity contribution in [1.29, 1.82) is 5.26 Å². The molecule has 0 saturated carbocycles. The third-order valence-electron chi connectivity index (χ3n) is 2.05. The molecule has 1 unspecified atom stereocenters. The maximum atomic E-state index is 8.55. The summed E-state index contributed by atoms with van der Waals surface area (Å²) < 4.78 is 0.967. The molecule has 1 aromatic carbocycles. The second-order valence-electron chi connectivity index (χ2n) is 3.49. The Bertz CT molecular complexity index is 398. The van der Waals surface area contributed by atoms with E-state index in [1.54, 1.807) is 0 Å². The van der Waals surface area contributed by atoms with E-state index < -0.39 is 0 Å². The van der Waals surface area contributed by atoms with Gasteiger partial charge in [0, 0.05) is 15.5 Å². The summed E-state index contributed by atoms with van der Waals surface area (Å²) in [5, 5.41) is 12.5. The number of nitriles is 1. The van der Waals surface area contributed by atoms with Gasteiger partial charge >= 0.3 is 0 Å². The van der Waals surface area contributed by atoms with Crippen molar-refractivity contribution in [3.63, 3.8) is 0 Å². The van der Waals surface area contributed by atoms with Crippen LogP contribution >= 0.6 is 27.5 Å². The van der Waals surface area contributed by atoms with E-state index in [9.17, 15) is 0 Å². The molecule has 15 heavy (non-hydrogen) atoms. The summed E-state index contributed by atoms with van der Waals surface area (Å²) in [4.78, 5) is 0. The minimum Gasteiger partial charge on any atom is -0.381 e. The van der Waals surface area contributed by atoms with Crippen LogP contribution in [0.3, 0.4) is 0 Å². The third-order valence-corrected chi connectivity index (χ3v) is 3.11. The number of halogens is 2. The van der Waals surface area contributed by atoms with E-state index in [2.05, 4.69) is 27.3 Å². The first-order valence-corrected chi connectivity index (χ1v) is 5.81. The molecule has 1 aromatic rings. The first-order valence-electron chi connectivity index (χ1n) is 4.63. The summed E-state index contributed by atoms with van der Waals surface area (Å²) in [7, 11) is 0. The van der Waals surface area contributed by atoms with Crippen molar-refractivity contribution in [1.82, 2.24) is 0 Å². The number of aryl methyl sites for hydroxylation is 1. The summed E-state index contributed by atoms with van der Waals surface area (Å²) in [6.07, 6.45) is 0.470. The Hall–Kier alpha value is -0.720. The standard InChI is InChI=1S/C11H12BrClN2/c1-7-5-9(12)11(6-10(7)13)15-8(2)3-4-14/h5-6,8,15H,3H2,1-2H3. The fraction of sp³-hybridized carbons (Fsp3) is 0.364. The molecule has 2 nitrogen and oxygen atoms in total. The average Bonchev–Trinajstić information content (AvgIpc) is 2.14. The normalized spacial score (nSPS) is 11.9. The summed E-state index contributed by atoms with van der Waals surface area (Å²) in [6.45, 7) is 3.92. The Balaban J connectivity index is 2.87. The number of benzene rings is 1. The molecule has 1 rings (SSSR count). The van der Waals surface area contributed by atoms with Gasteiger partial charge in [-0.1, -0.05) is 11.6 Å². The van der Waals surface area contributed by atoms with Crippen LogP contribution in [0.2, 0.25) is 5.02 Å². The van der Waals surface area contributed by atoms with Crippen LogP contribution in [0.4, 0.5) is 5.69 Å². The van der Waals surface area contributed by atoms with E-state index in [0.717, 1.165) is 20.7 Å². The molecule has 0 amide bonds. The lowest BCUT2D eigenvalue weighted by Gasteiger charge is -2.14. The summed E-state index contributed by atoms with van der Waals surface area (Å²) in [5.41, 5.74) is 1.95. The number of rotatable bonds is 3. The molecule has 80 valence electrons.